The van der Waals surface area contributed by atoms with E-state index in [1.165, 1.54) is 0 Å². The molecule has 0 radical (unpaired) electrons. The Morgan fingerprint density at radius 2 is 2.00 bits per heavy atom. The summed E-state index contributed by atoms with van der Waals surface area (Å²) in [4.78, 5) is 1.05. The van der Waals surface area contributed by atoms with Crippen LogP contribution >= 0.6 is 23.5 Å². The number of nitrogen functional groups attached to an aromatic ring is 1. The van der Waals surface area contributed by atoms with E-state index in [1.54, 1.807) is 16.1 Å². The number of hydrogen-bond acceptors (Lipinski definition) is 5. The average Bonchev–Trinajstić information content (AvgIpc) is 2.40. The summed E-state index contributed by atoms with van der Waals surface area (Å²) < 4.78 is 26.5. The van der Waals surface area contributed by atoms with E-state index >= 15 is 0 Å². The molecule has 21 heavy (non-hydrogen) atoms. The van der Waals surface area contributed by atoms with E-state index in [0.29, 0.717) is 18.8 Å². The lowest BCUT2D eigenvalue weighted by Gasteiger charge is -2.36. The number of hydrogen-bond donors (Lipinski definition) is 1. The highest BCUT2D eigenvalue weighted by molar-refractivity contribution is 8.01. The van der Waals surface area contributed by atoms with Gasteiger partial charge in [0.05, 0.1) is 5.75 Å². The summed E-state index contributed by atoms with van der Waals surface area (Å²) in [5.41, 5.74) is 6.36. The number of rotatable bonds is 5. The summed E-state index contributed by atoms with van der Waals surface area (Å²) in [7, 11) is -3.16. The standard InChI is InChI=1S/C14H22N2O2S3/c1-14(2)11-16(7-8-20-14)21(17,18)10-9-19-13-5-3-12(15)4-6-13/h3-6H,7-11,15H2,1-2H3. The first-order valence-electron chi connectivity index (χ1n) is 6.89. The SMILES string of the molecule is CC1(C)CN(S(=O)(=O)CCSc2ccc(N)cc2)CCS1. The van der Waals surface area contributed by atoms with E-state index in [2.05, 4.69) is 13.8 Å². The van der Waals surface area contributed by atoms with Crippen molar-refractivity contribution in [3.63, 3.8) is 0 Å². The molecule has 4 nitrogen and oxygen atoms in total. The molecule has 2 rings (SSSR count). The van der Waals surface area contributed by atoms with Crippen molar-refractivity contribution in [2.75, 3.05) is 36.1 Å². The Kier molecular flexibility index (Phi) is 5.51. The molecule has 2 N–H and O–H groups in total. The summed E-state index contributed by atoms with van der Waals surface area (Å²) >= 11 is 3.39. The minimum Gasteiger partial charge on any atom is -0.399 e. The van der Waals surface area contributed by atoms with E-state index in [0.717, 1.165) is 16.3 Å². The number of sulfonamides is 1. The van der Waals surface area contributed by atoms with E-state index in [1.807, 2.05) is 36.0 Å². The number of thioether (sulfide) groups is 2. The second-order valence-corrected chi connectivity index (χ2v) is 10.7. The Labute approximate surface area is 135 Å². The van der Waals surface area contributed by atoms with Gasteiger partial charge in [-0.25, -0.2) is 8.42 Å². The maximum atomic E-state index is 12.4. The second-order valence-electron chi connectivity index (χ2n) is 5.68. The fraction of sp³-hybridized carbons (Fsp3) is 0.571. The Morgan fingerprint density at radius 1 is 1.33 bits per heavy atom. The molecule has 7 heteroatoms. The van der Waals surface area contributed by atoms with Crippen molar-refractivity contribution in [3.8, 4) is 0 Å². The number of benzene rings is 1. The first-order chi connectivity index (χ1) is 9.78. The molecule has 0 spiro atoms. The van der Waals surface area contributed by atoms with Crippen molar-refractivity contribution in [2.24, 2.45) is 0 Å². The predicted molar refractivity (Wildman–Crippen MR) is 93.5 cm³/mol. The summed E-state index contributed by atoms with van der Waals surface area (Å²) in [6.45, 7) is 5.43. The van der Waals surface area contributed by atoms with Crippen molar-refractivity contribution in [2.45, 2.75) is 23.5 Å². The lowest BCUT2D eigenvalue weighted by molar-refractivity contribution is 0.388. The third-order valence-corrected chi connectivity index (χ3v) is 7.66. The van der Waals surface area contributed by atoms with Crippen LogP contribution in [0.5, 0.6) is 0 Å². The van der Waals surface area contributed by atoms with Gasteiger partial charge < -0.3 is 5.73 Å². The first kappa shape index (κ1) is 17.0. The van der Waals surface area contributed by atoms with Crippen LogP contribution in [-0.2, 0) is 10.0 Å². The van der Waals surface area contributed by atoms with Crippen LogP contribution in [0.3, 0.4) is 0 Å². The molecule has 118 valence electrons. The second kappa shape index (κ2) is 6.81. The van der Waals surface area contributed by atoms with Gasteiger partial charge in [0.1, 0.15) is 0 Å². The van der Waals surface area contributed by atoms with E-state index in [-0.39, 0.29) is 10.5 Å². The summed E-state index contributed by atoms with van der Waals surface area (Å²) in [5, 5.41) is 0. The molecule has 1 saturated heterocycles. The molecule has 0 aliphatic carbocycles. The number of anilines is 1. The lowest BCUT2D eigenvalue weighted by atomic mass is 10.2. The van der Waals surface area contributed by atoms with Crippen LogP contribution in [-0.4, -0.2) is 47.8 Å². The van der Waals surface area contributed by atoms with E-state index < -0.39 is 10.0 Å². The van der Waals surface area contributed by atoms with Crippen LogP contribution in [0.25, 0.3) is 0 Å². The Hall–Kier alpha value is -0.370. The molecule has 1 heterocycles. The smallest absolute Gasteiger partial charge is 0.214 e. The van der Waals surface area contributed by atoms with E-state index in [9.17, 15) is 8.42 Å². The highest BCUT2D eigenvalue weighted by Gasteiger charge is 2.33. The molecule has 1 aromatic rings. The van der Waals surface area contributed by atoms with Crippen molar-refractivity contribution >= 4 is 39.2 Å². The highest BCUT2D eigenvalue weighted by Crippen LogP contribution is 2.31. The van der Waals surface area contributed by atoms with Crippen molar-refractivity contribution in [3.05, 3.63) is 24.3 Å². The van der Waals surface area contributed by atoms with Crippen LogP contribution in [0.1, 0.15) is 13.8 Å². The van der Waals surface area contributed by atoms with Gasteiger partial charge in [-0.2, -0.15) is 16.1 Å². The fourth-order valence-electron chi connectivity index (χ4n) is 2.17. The molecule has 1 aromatic carbocycles. The Morgan fingerprint density at radius 3 is 2.62 bits per heavy atom. The van der Waals surface area contributed by atoms with Gasteiger partial charge in [0.25, 0.3) is 0 Å². The maximum Gasteiger partial charge on any atom is 0.214 e. The number of nitrogens with two attached hydrogens (primary N) is 1. The fourth-order valence-corrected chi connectivity index (χ4v) is 6.36. The van der Waals surface area contributed by atoms with Gasteiger partial charge in [0.15, 0.2) is 0 Å². The largest absolute Gasteiger partial charge is 0.399 e. The zero-order valence-electron chi connectivity index (χ0n) is 12.4. The summed E-state index contributed by atoms with van der Waals surface area (Å²) in [6, 6.07) is 7.52. The molecule has 0 amide bonds. The Balaban J connectivity index is 1.88. The molecule has 1 aliphatic rings. The first-order valence-corrected chi connectivity index (χ1v) is 10.5. The molecule has 0 bridgehead atoms. The minimum atomic E-state index is -3.16. The Bertz CT molecular complexity index is 570. The molecule has 1 aliphatic heterocycles. The molecule has 0 atom stereocenters. The van der Waals surface area contributed by atoms with Crippen LogP contribution < -0.4 is 5.73 Å². The van der Waals surface area contributed by atoms with Gasteiger partial charge in [0, 0.05) is 39.9 Å². The molecule has 0 saturated carbocycles. The van der Waals surface area contributed by atoms with Crippen LogP contribution in [0.4, 0.5) is 5.69 Å². The molecule has 0 unspecified atom stereocenters. The topological polar surface area (TPSA) is 63.4 Å². The van der Waals surface area contributed by atoms with Crippen LogP contribution in [0.15, 0.2) is 29.2 Å². The van der Waals surface area contributed by atoms with Crippen molar-refractivity contribution in [1.82, 2.24) is 4.31 Å². The normalized spacial score (nSPS) is 19.5. The van der Waals surface area contributed by atoms with Gasteiger partial charge in [-0.3, -0.25) is 0 Å². The van der Waals surface area contributed by atoms with Gasteiger partial charge >= 0.3 is 0 Å². The maximum absolute atomic E-state index is 12.4. The van der Waals surface area contributed by atoms with Crippen LogP contribution in [0, 0.1) is 0 Å². The van der Waals surface area contributed by atoms with Gasteiger partial charge in [-0.15, -0.1) is 11.8 Å². The zero-order valence-corrected chi connectivity index (χ0v) is 14.9. The zero-order chi connectivity index (χ0) is 15.5. The van der Waals surface area contributed by atoms with Gasteiger partial charge in [-0.1, -0.05) is 0 Å². The van der Waals surface area contributed by atoms with E-state index in [4.69, 9.17) is 5.73 Å². The quantitative estimate of drug-likeness (QED) is 0.656. The number of nitrogens with zero attached hydrogens (tertiary/aromatic N) is 1. The van der Waals surface area contributed by atoms with Crippen LogP contribution in [0.2, 0.25) is 0 Å². The molecular formula is C14H22N2O2S3. The van der Waals surface area contributed by atoms with Crippen molar-refractivity contribution in [1.29, 1.82) is 0 Å². The highest BCUT2D eigenvalue weighted by atomic mass is 32.2. The summed E-state index contributed by atoms with van der Waals surface area (Å²) in [5.74, 6) is 1.62. The van der Waals surface area contributed by atoms with Crippen molar-refractivity contribution < 1.29 is 8.42 Å². The monoisotopic (exact) mass is 346 g/mol. The molecule has 1 fully saturated rings. The van der Waals surface area contributed by atoms with Gasteiger partial charge in [-0.05, 0) is 38.1 Å². The molecule has 0 aromatic heterocycles. The summed E-state index contributed by atoms with van der Waals surface area (Å²) in [6.07, 6.45) is 0. The average molecular weight is 347 g/mol. The third-order valence-electron chi connectivity index (χ3n) is 3.27. The third kappa shape index (κ3) is 5.09. The lowest BCUT2D eigenvalue weighted by Crippen LogP contribution is -2.47. The molecular weight excluding hydrogens is 324 g/mol. The van der Waals surface area contributed by atoms with Gasteiger partial charge in [0.2, 0.25) is 10.0 Å². The predicted octanol–water partition coefficient (Wildman–Crippen LogP) is 2.52. The minimum absolute atomic E-state index is 0.00934.